The maximum atomic E-state index is 12.6. The SMILES string of the molecule is CC(C)(C)OC(=O)N1CCN(c2nc(OCCCN3CCOCC3)nc3c2CCN(Cc2ccccc2)C3)CC1.OCCCN1CCOCC1. The number of morpholine rings is 2. The van der Waals surface area contributed by atoms with Crippen molar-refractivity contribution in [1.82, 2.24) is 29.6 Å². The van der Waals surface area contributed by atoms with Crippen molar-refractivity contribution in [3.05, 3.63) is 47.2 Å². The zero-order chi connectivity index (χ0) is 35.2. The van der Waals surface area contributed by atoms with Gasteiger partial charge in [0.05, 0.1) is 38.7 Å². The maximum absolute atomic E-state index is 12.6. The van der Waals surface area contributed by atoms with E-state index in [1.807, 2.05) is 20.8 Å². The van der Waals surface area contributed by atoms with Crippen molar-refractivity contribution in [2.24, 2.45) is 0 Å². The molecule has 6 rings (SSSR count). The molecular weight excluding hydrogens is 638 g/mol. The molecule has 1 aromatic carbocycles. The molecule has 0 aliphatic carbocycles. The highest BCUT2D eigenvalue weighted by atomic mass is 16.6. The van der Waals surface area contributed by atoms with Gasteiger partial charge in [0.15, 0.2) is 0 Å². The zero-order valence-electron chi connectivity index (χ0n) is 30.6. The predicted octanol–water partition coefficient (Wildman–Crippen LogP) is 2.89. The molecule has 50 heavy (non-hydrogen) atoms. The molecule has 1 aromatic heterocycles. The maximum Gasteiger partial charge on any atom is 0.410 e. The zero-order valence-corrected chi connectivity index (χ0v) is 30.6. The number of nitrogens with zero attached hydrogens (tertiary/aromatic N) is 7. The van der Waals surface area contributed by atoms with E-state index in [0.29, 0.717) is 45.4 Å². The summed E-state index contributed by atoms with van der Waals surface area (Å²) in [6.45, 7) is 21.1. The highest BCUT2D eigenvalue weighted by Crippen LogP contribution is 2.30. The van der Waals surface area contributed by atoms with Gasteiger partial charge in [-0.2, -0.15) is 9.97 Å². The van der Waals surface area contributed by atoms with E-state index in [2.05, 4.69) is 49.9 Å². The first-order valence-corrected chi connectivity index (χ1v) is 18.5. The molecule has 5 heterocycles. The second kappa shape index (κ2) is 19.5. The Balaban J connectivity index is 0.000000418. The fourth-order valence-electron chi connectivity index (χ4n) is 6.57. The van der Waals surface area contributed by atoms with Gasteiger partial charge in [0.2, 0.25) is 0 Å². The number of piperazine rings is 1. The van der Waals surface area contributed by atoms with Crippen LogP contribution in [0.5, 0.6) is 6.01 Å². The number of aliphatic hydroxyl groups is 1. The van der Waals surface area contributed by atoms with Gasteiger partial charge >= 0.3 is 12.1 Å². The number of rotatable bonds is 11. The fourth-order valence-corrected chi connectivity index (χ4v) is 6.57. The van der Waals surface area contributed by atoms with Gasteiger partial charge in [-0.1, -0.05) is 30.3 Å². The predicted molar refractivity (Wildman–Crippen MR) is 193 cm³/mol. The minimum Gasteiger partial charge on any atom is -0.463 e. The van der Waals surface area contributed by atoms with E-state index in [-0.39, 0.29) is 6.09 Å². The molecular formula is C37H59N7O6. The van der Waals surface area contributed by atoms with Gasteiger partial charge in [0, 0.05) is 97.3 Å². The summed E-state index contributed by atoms with van der Waals surface area (Å²) in [5, 5.41) is 8.54. The van der Waals surface area contributed by atoms with Crippen LogP contribution in [0.3, 0.4) is 0 Å². The first kappa shape index (κ1) is 38.2. The molecule has 0 spiro atoms. The topological polar surface area (TPSA) is 116 Å². The Labute approximate surface area is 298 Å². The van der Waals surface area contributed by atoms with E-state index < -0.39 is 5.60 Å². The Kier molecular flexibility index (Phi) is 14.9. The molecule has 0 unspecified atom stereocenters. The smallest absolute Gasteiger partial charge is 0.410 e. The van der Waals surface area contributed by atoms with Crippen LogP contribution in [0.1, 0.15) is 50.4 Å². The molecule has 278 valence electrons. The molecule has 4 aliphatic heterocycles. The van der Waals surface area contributed by atoms with Crippen molar-refractivity contribution in [3.8, 4) is 6.01 Å². The Morgan fingerprint density at radius 2 is 1.46 bits per heavy atom. The summed E-state index contributed by atoms with van der Waals surface area (Å²) in [6.07, 6.45) is 2.45. The third kappa shape index (κ3) is 12.3. The molecule has 2 aromatic rings. The van der Waals surface area contributed by atoms with Gasteiger partial charge in [-0.3, -0.25) is 14.7 Å². The fraction of sp³-hybridized carbons (Fsp3) is 0.703. The molecule has 3 saturated heterocycles. The first-order chi connectivity index (χ1) is 24.3. The summed E-state index contributed by atoms with van der Waals surface area (Å²) < 4.78 is 22.4. The van der Waals surface area contributed by atoms with Crippen molar-refractivity contribution in [3.63, 3.8) is 0 Å². The Bertz CT molecular complexity index is 1290. The number of amides is 1. The quantitative estimate of drug-likeness (QED) is 0.348. The van der Waals surface area contributed by atoms with Crippen LogP contribution in [0, 0.1) is 0 Å². The van der Waals surface area contributed by atoms with Gasteiger partial charge in [0.25, 0.3) is 0 Å². The van der Waals surface area contributed by atoms with Crippen molar-refractivity contribution in [2.45, 2.75) is 58.7 Å². The number of hydrogen-bond acceptors (Lipinski definition) is 12. The van der Waals surface area contributed by atoms with Gasteiger partial charge in [0.1, 0.15) is 11.4 Å². The van der Waals surface area contributed by atoms with Crippen molar-refractivity contribution in [2.75, 3.05) is 117 Å². The van der Waals surface area contributed by atoms with E-state index in [0.717, 1.165) is 116 Å². The molecule has 0 bridgehead atoms. The molecule has 0 atom stereocenters. The van der Waals surface area contributed by atoms with Crippen molar-refractivity contribution in [1.29, 1.82) is 0 Å². The number of carbonyl (C=O) groups is 1. The second-order valence-electron chi connectivity index (χ2n) is 14.3. The largest absolute Gasteiger partial charge is 0.463 e. The minimum absolute atomic E-state index is 0.252. The van der Waals surface area contributed by atoms with Gasteiger partial charge in [-0.15, -0.1) is 0 Å². The van der Waals surface area contributed by atoms with Crippen LogP contribution in [-0.4, -0.2) is 158 Å². The monoisotopic (exact) mass is 697 g/mol. The average molecular weight is 698 g/mol. The molecule has 3 fully saturated rings. The van der Waals surface area contributed by atoms with Crippen LogP contribution >= 0.6 is 0 Å². The number of anilines is 1. The Morgan fingerprint density at radius 1 is 0.820 bits per heavy atom. The molecule has 13 heteroatoms. The highest BCUT2D eigenvalue weighted by Gasteiger charge is 2.30. The summed E-state index contributed by atoms with van der Waals surface area (Å²) in [4.78, 5) is 33.7. The molecule has 4 aliphatic rings. The molecule has 1 amide bonds. The summed E-state index contributed by atoms with van der Waals surface area (Å²) in [7, 11) is 0. The summed E-state index contributed by atoms with van der Waals surface area (Å²) in [5.74, 6) is 0.955. The van der Waals surface area contributed by atoms with Gasteiger partial charge < -0.3 is 33.9 Å². The number of hydrogen-bond donors (Lipinski definition) is 1. The summed E-state index contributed by atoms with van der Waals surface area (Å²) in [5.41, 5.74) is 3.05. The lowest BCUT2D eigenvalue weighted by molar-refractivity contribution is 0.0240. The third-order valence-corrected chi connectivity index (χ3v) is 9.27. The van der Waals surface area contributed by atoms with E-state index in [9.17, 15) is 4.79 Å². The lowest BCUT2D eigenvalue weighted by atomic mass is 10.0. The number of benzene rings is 1. The molecule has 13 nitrogen and oxygen atoms in total. The van der Waals surface area contributed by atoms with E-state index >= 15 is 0 Å². The normalized spacial score (nSPS) is 19.4. The molecule has 1 N–H and O–H groups in total. The standard InChI is InChI=1S/C30H44N6O4.C7H15NO2/c1-30(2,3)40-29(37)36-15-13-35(14-16-36)27-25-10-12-34(22-24-8-5-4-6-9-24)23-26(25)31-28(32-27)39-19-7-11-33-17-20-38-21-18-33;9-5-1-2-8-3-6-10-7-4-8/h4-6,8-9H,7,10-23H2,1-3H3;9H,1-7H2. The lowest BCUT2D eigenvalue weighted by Gasteiger charge is -2.38. The van der Waals surface area contributed by atoms with Crippen LogP contribution < -0.4 is 9.64 Å². The number of ether oxygens (including phenoxy) is 4. The summed E-state index contributed by atoms with van der Waals surface area (Å²) in [6, 6.07) is 11.0. The lowest BCUT2D eigenvalue weighted by Crippen LogP contribution is -2.50. The second-order valence-corrected chi connectivity index (χ2v) is 14.3. The van der Waals surface area contributed by atoms with Crippen LogP contribution in [0.15, 0.2) is 30.3 Å². The van der Waals surface area contributed by atoms with Gasteiger partial charge in [-0.25, -0.2) is 4.79 Å². The van der Waals surface area contributed by atoms with Crippen molar-refractivity contribution < 1.29 is 28.8 Å². The number of fused-ring (bicyclic) bond motifs is 1. The number of aromatic nitrogens is 2. The van der Waals surface area contributed by atoms with E-state index in [1.54, 1.807) is 4.90 Å². The third-order valence-electron chi connectivity index (χ3n) is 9.27. The van der Waals surface area contributed by atoms with E-state index in [4.69, 9.17) is 34.0 Å². The Hall–Kier alpha value is -3.07. The van der Waals surface area contributed by atoms with Crippen LogP contribution in [0.2, 0.25) is 0 Å². The number of aliphatic hydroxyl groups excluding tert-OH is 1. The van der Waals surface area contributed by atoms with E-state index in [1.165, 1.54) is 11.1 Å². The number of carbonyl (C=O) groups excluding carboxylic acids is 1. The van der Waals surface area contributed by atoms with Crippen LogP contribution in [-0.2, 0) is 33.7 Å². The summed E-state index contributed by atoms with van der Waals surface area (Å²) >= 11 is 0. The first-order valence-electron chi connectivity index (χ1n) is 18.5. The molecule has 0 radical (unpaired) electrons. The van der Waals surface area contributed by atoms with Crippen LogP contribution in [0.4, 0.5) is 10.6 Å². The average Bonchev–Trinajstić information content (AvgIpc) is 3.13. The molecule has 0 saturated carbocycles. The minimum atomic E-state index is -0.500. The van der Waals surface area contributed by atoms with Crippen LogP contribution in [0.25, 0.3) is 0 Å². The van der Waals surface area contributed by atoms with Gasteiger partial charge in [-0.05, 0) is 45.6 Å². The Morgan fingerprint density at radius 3 is 2.08 bits per heavy atom. The van der Waals surface area contributed by atoms with Crippen molar-refractivity contribution >= 4 is 11.9 Å². The highest BCUT2D eigenvalue weighted by molar-refractivity contribution is 5.68.